The molecule has 0 bridgehead atoms. The molecule has 0 radical (unpaired) electrons. The molecule has 0 saturated carbocycles. The van der Waals surface area contributed by atoms with E-state index in [4.69, 9.17) is 4.74 Å². The molecule has 2 heterocycles. The maximum atomic E-state index is 12.6. The van der Waals surface area contributed by atoms with Crippen molar-refractivity contribution in [2.24, 2.45) is 5.92 Å². The highest BCUT2D eigenvalue weighted by Crippen LogP contribution is 2.30. The minimum atomic E-state index is -0.219. The molecule has 0 atom stereocenters. The van der Waals surface area contributed by atoms with Gasteiger partial charge in [0.05, 0.1) is 6.61 Å². The van der Waals surface area contributed by atoms with Gasteiger partial charge in [-0.25, -0.2) is 0 Å². The molecule has 1 aliphatic heterocycles. The molecule has 156 valence electrons. The molecule has 1 aromatic heterocycles. The molecule has 1 saturated heterocycles. The quantitative estimate of drug-likeness (QED) is 0.611. The fourth-order valence-electron chi connectivity index (χ4n) is 4.14. The van der Waals surface area contributed by atoms with E-state index in [0.29, 0.717) is 24.8 Å². The van der Waals surface area contributed by atoms with Gasteiger partial charge in [0.15, 0.2) is 11.5 Å². The number of carbonyl (C=O) groups is 1. The van der Waals surface area contributed by atoms with Crippen LogP contribution in [0.1, 0.15) is 28.9 Å². The topological polar surface area (TPSA) is 67.3 Å². The third-order valence-corrected chi connectivity index (χ3v) is 5.76. The van der Waals surface area contributed by atoms with Gasteiger partial charge in [0, 0.05) is 37.5 Å². The average Bonchev–Trinajstić information content (AvgIpc) is 2.80. The third-order valence-electron chi connectivity index (χ3n) is 5.76. The molecule has 1 N–H and O–H groups in total. The van der Waals surface area contributed by atoms with Gasteiger partial charge in [-0.2, -0.15) is 0 Å². The Balaban J connectivity index is 1.48. The number of rotatable bonds is 7. The summed E-state index contributed by atoms with van der Waals surface area (Å²) in [5, 5.41) is 13.4. The summed E-state index contributed by atoms with van der Waals surface area (Å²) in [6.07, 6.45) is 3.38. The monoisotopic (exact) mass is 404 g/mol. The van der Waals surface area contributed by atoms with Crippen LogP contribution in [0.5, 0.6) is 0 Å². The smallest absolute Gasteiger partial charge is 0.272 e. The van der Waals surface area contributed by atoms with Crippen molar-refractivity contribution in [3.8, 4) is 0 Å². The Labute approximate surface area is 177 Å². The lowest BCUT2D eigenvalue weighted by atomic mass is 9.90. The molecular weight excluding hydrogens is 376 g/mol. The van der Waals surface area contributed by atoms with Crippen LogP contribution < -0.4 is 10.2 Å². The zero-order chi connectivity index (χ0) is 20.8. The molecule has 1 amide bonds. The fourth-order valence-corrected chi connectivity index (χ4v) is 4.14. The molecule has 1 fully saturated rings. The Morgan fingerprint density at radius 1 is 1.03 bits per heavy atom. The van der Waals surface area contributed by atoms with Crippen LogP contribution in [0.25, 0.3) is 10.8 Å². The van der Waals surface area contributed by atoms with Gasteiger partial charge in [-0.15, -0.1) is 10.2 Å². The normalized spacial score (nSPS) is 14.8. The maximum absolute atomic E-state index is 12.6. The molecule has 3 aromatic rings. The Morgan fingerprint density at radius 3 is 2.47 bits per heavy atom. The molecular formula is C24H28N4O2. The number of hydrogen-bond donors (Lipinski definition) is 1. The van der Waals surface area contributed by atoms with Crippen molar-refractivity contribution in [1.29, 1.82) is 0 Å². The van der Waals surface area contributed by atoms with Crippen molar-refractivity contribution in [2.45, 2.75) is 19.3 Å². The van der Waals surface area contributed by atoms with Gasteiger partial charge < -0.3 is 15.0 Å². The number of fused-ring (bicyclic) bond motifs is 1. The average molecular weight is 405 g/mol. The van der Waals surface area contributed by atoms with E-state index < -0.39 is 0 Å². The number of hydrogen-bond acceptors (Lipinski definition) is 5. The second-order valence-electron chi connectivity index (χ2n) is 7.79. The zero-order valence-electron chi connectivity index (χ0n) is 17.4. The van der Waals surface area contributed by atoms with Crippen LogP contribution in [0.2, 0.25) is 0 Å². The molecule has 1 aliphatic rings. The second kappa shape index (κ2) is 9.67. The van der Waals surface area contributed by atoms with E-state index in [1.807, 2.05) is 24.3 Å². The highest BCUT2D eigenvalue weighted by Gasteiger charge is 2.23. The largest absolute Gasteiger partial charge is 0.383 e. The van der Waals surface area contributed by atoms with Gasteiger partial charge in [0.1, 0.15) is 0 Å². The number of nitrogens with one attached hydrogen (secondary N) is 1. The van der Waals surface area contributed by atoms with Crippen molar-refractivity contribution in [1.82, 2.24) is 15.5 Å². The SMILES string of the molecule is COCCNC(=O)c1nnc(N2CCC(Cc3ccccc3)CC2)c2ccccc12. The van der Waals surface area contributed by atoms with Crippen molar-refractivity contribution >= 4 is 22.5 Å². The first-order valence-corrected chi connectivity index (χ1v) is 10.6. The van der Waals surface area contributed by atoms with E-state index in [1.165, 1.54) is 5.56 Å². The van der Waals surface area contributed by atoms with E-state index in [0.717, 1.165) is 48.9 Å². The number of ether oxygens (including phenoxy) is 1. The number of methoxy groups -OCH3 is 1. The number of aromatic nitrogens is 2. The van der Waals surface area contributed by atoms with Gasteiger partial charge in [0.2, 0.25) is 0 Å². The summed E-state index contributed by atoms with van der Waals surface area (Å²) in [6.45, 7) is 2.82. The number of anilines is 1. The molecule has 6 nitrogen and oxygen atoms in total. The Bertz CT molecular complexity index is 985. The second-order valence-corrected chi connectivity index (χ2v) is 7.79. The summed E-state index contributed by atoms with van der Waals surface area (Å²) >= 11 is 0. The van der Waals surface area contributed by atoms with Gasteiger partial charge >= 0.3 is 0 Å². The van der Waals surface area contributed by atoms with E-state index >= 15 is 0 Å². The first-order valence-electron chi connectivity index (χ1n) is 10.6. The van der Waals surface area contributed by atoms with Crippen LogP contribution in [-0.4, -0.2) is 49.5 Å². The summed E-state index contributed by atoms with van der Waals surface area (Å²) in [4.78, 5) is 14.9. The maximum Gasteiger partial charge on any atom is 0.272 e. The molecule has 2 aromatic carbocycles. The summed E-state index contributed by atoms with van der Waals surface area (Å²) in [5.74, 6) is 1.34. The van der Waals surface area contributed by atoms with E-state index in [9.17, 15) is 4.79 Å². The van der Waals surface area contributed by atoms with Gasteiger partial charge in [-0.3, -0.25) is 4.79 Å². The minimum Gasteiger partial charge on any atom is -0.383 e. The lowest BCUT2D eigenvalue weighted by Crippen LogP contribution is -2.35. The van der Waals surface area contributed by atoms with Crippen LogP contribution in [-0.2, 0) is 11.2 Å². The summed E-state index contributed by atoms with van der Waals surface area (Å²) in [5.41, 5.74) is 1.77. The Kier molecular flexibility index (Phi) is 6.54. The lowest BCUT2D eigenvalue weighted by Gasteiger charge is -2.33. The van der Waals surface area contributed by atoms with Crippen molar-refractivity contribution in [3.63, 3.8) is 0 Å². The first-order chi connectivity index (χ1) is 14.8. The highest BCUT2D eigenvalue weighted by molar-refractivity contribution is 6.07. The Hall–Kier alpha value is -2.99. The number of benzene rings is 2. The Morgan fingerprint density at radius 2 is 1.73 bits per heavy atom. The van der Waals surface area contributed by atoms with Crippen LogP contribution >= 0.6 is 0 Å². The predicted octanol–water partition coefficient (Wildman–Crippen LogP) is 3.47. The summed E-state index contributed by atoms with van der Waals surface area (Å²) in [6, 6.07) is 18.6. The molecule has 6 heteroatoms. The number of piperidine rings is 1. The van der Waals surface area contributed by atoms with Gasteiger partial charge in [-0.1, -0.05) is 54.6 Å². The molecule has 4 rings (SSSR count). The molecule has 0 spiro atoms. The van der Waals surface area contributed by atoms with E-state index in [2.05, 4.69) is 50.7 Å². The molecule has 0 unspecified atom stereocenters. The van der Waals surface area contributed by atoms with E-state index in [-0.39, 0.29) is 5.91 Å². The van der Waals surface area contributed by atoms with Crippen LogP contribution in [0.15, 0.2) is 54.6 Å². The van der Waals surface area contributed by atoms with Gasteiger partial charge in [-0.05, 0) is 30.7 Å². The number of amides is 1. The van der Waals surface area contributed by atoms with Crippen molar-refractivity contribution in [3.05, 3.63) is 65.9 Å². The predicted molar refractivity (Wildman–Crippen MR) is 119 cm³/mol. The number of nitrogens with zero attached hydrogens (tertiary/aromatic N) is 3. The minimum absolute atomic E-state index is 0.219. The van der Waals surface area contributed by atoms with Crippen LogP contribution in [0.3, 0.4) is 0 Å². The van der Waals surface area contributed by atoms with E-state index in [1.54, 1.807) is 7.11 Å². The fraction of sp³-hybridized carbons (Fsp3) is 0.375. The van der Waals surface area contributed by atoms with Crippen molar-refractivity contribution in [2.75, 3.05) is 38.3 Å². The summed E-state index contributed by atoms with van der Waals surface area (Å²) < 4.78 is 5.00. The molecule has 30 heavy (non-hydrogen) atoms. The standard InChI is InChI=1S/C24H28N4O2/c1-30-16-13-25-24(29)22-20-9-5-6-10-21(20)23(27-26-22)28-14-11-19(12-15-28)17-18-7-3-2-4-8-18/h2-10,19H,11-17H2,1H3,(H,25,29). The van der Waals surface area contributed by atoms with Crippen LogP contribution in [0.4, 0.5) is 5.82 Å². The summed E-state index contributed by atoms with van der Waals surface area (Å²) in [7, 11) is 1.61. The third kappa shape index (κ3) is 4.60. The van der Waals surface area contributed by atoms with Gasteiger partial charge in [0.25, 0.3) is 5.91 Å². The molecule has 0 aliphatic carbocycles. The first kappa shape index (κ1) is 20.3. The highest BCUT2D eigenvalue weighted by atomic mass is 16.5. The number of carbonyl (C=O) groups excluding carboxylic acids is 1. The lowest BCUT2D eigenvalue weighted by molar-refractivity contribution is 0.0933. The zero-order valence-corrected chi connectivity index (χ0v) is 17.4. The van der Waals surface area contributed by atoms with Crippen LogP contribution in [0, 0.1) is 5.92 Å². The van der Waals surface area contributed by atoms with Crippen molar-refractivity contribution < 1.29 is 9.53 Å².